The predicted molar refractivity (Wildman–Crippen MR) is 105 cm³/mol. The summed E-state index contributed by atoms with van der Waals surface area (Å²) in [5.41, 5.74) is 1.81. The molecule has 0 spiro atoms. The van der Waals surface area contributed by atoms with E-state index in [1.54, 1.807) is 6.92 Å². The number of unbranched alkanes of at least 4 members (excludes halogenated alkanes) is 4. The zero-order valence-electron chi connectivity index (χ0n) is 16.1. The minimum absolute atomic E-state index is 0.354. The van der Waals surface area contributed by atoms with Crippen molar-refractivity contribution in [1.82, 2.24) is 0 Å². The van der Waals surface area contributed by atoms with Gasteiger partial charge < -0.3 is 4.74 Å². The number of hydrogen-bond acceptors (Lipinski definition) is 2. The first-order chi connectivity index (χ1) is 12.1. The van der Waals surface area contributed by atoms with E-state index in [1.165, 1.54) is 69.8 Å². The summed E-state index contributed by atoms with van der Waals surface area (Å²) in [5, 5.41) is 0. The normalized spacial score (nSPS) is 20.2. The van der Waals surface area contributed by atoms with E-state index in [4.69, 9.17) is 4.74 Å². The molecule has 0 bridgehead atoms. The second kappa shape index (κ2) is 10.4. The molecular weight excluding hydrogens is 308 g/mol. The lowest BCUT2D eigenvalue weighted by atomic mass is 9.77. The van der Waals surface area contributed by atoms with Gasteiger partial charge in [-0.2, -0.15) is 0 Å². The van der Waals surface area contributed by atoms with Crippen molar-refractivity contribution in [2.75, 3.05) is 0 Å². The molecular formula is C23H34O2. The average molecular weight is 343 g/mol. The molecule has 0 radical (unpaired) electrons. The maximum atomic E-state index is 11.6. The largest absolute Gasteiger partial charge is 0.423 e. The molecule has 0 aliphatic heterocycles. The van der Waals surface area contributed by atoms with Crippen LogP contribution >= 0.6 is 0 Å². The Morgan fingerprint density at radius 2 is 1.68 bits per heavy atom. The lowest BCUT2D eigenvalue weighted by molar-refractivity contribution is -0.130. The molecule has 1 aliphatic rings. The minimum atomic E-state index is -0.354. The third-order valence-corrected chi connectivity index (χ3v) is 5.47. The van der Waals surface area contributed by atoms with Crippen LogP contribution < -0.4 is 4.74 Å². The maximum Gasteiger partial charge on any atom is 0.338 e. The van der Waals surface area contributed by atoms with Crippen LogP contribution in [0.15, 0.2) is 36.4 Å². The Kier molecular flexibility index (Phi) is 8.24. The van der Waals surface area contributed by atoms with Gasteiger partial charge in [0.1, 0.15) is 5.75 Å². The summed E-state index contributed by atoms with van der Waals surface area (Å²) in [4.78, 5) is 11.6. The van der Waals surface area contributed by atoms with E-state index in [0.29, 0.717) is 17.2 Å². The average Bonchev–Trinajstić information content (AvgIpc) is 2.63. The summed E-state index contributed by atoms with van der Waals surface area (Å²) in [6, 6.07) is 8.07. The number of carbonyl (C=O) groups is 1. The van der Waals surface area contributed by atoms with Gasteiger partial charge >= 0.3 is 5.97 Å². The zero-order valence-corrected chi connectivity index (χ0v) is 16.1. The number of benzene rings is 1. The fraction of sp³-hybridized carbons (Fsp3) is 0.609. The summed E-state index contributed by atoms with van der Waals surface area (Å²) in [6.07, 6.45) is 13.7. The topological polar surface area (TPSA) is 26.3 Å². The van der Waals surface area contributed by atoms with Crippen molar-refractivity contribution >= 4 is 5.97 Å². The van der Waals surface area contributed by atoms with Crippen molar-refractivity contribution in [2.45, 2.75) is 84.0 Å². The van der Waals surface area contributed by atoms with E-state index in [-0.39, 0.29) is 5.97 Å². The molecule has 2 nitrogen and oxygen atoms in total. The summed E-state index contributed by atoms with van der Waals surface area (Å²) in [5.74, 6) is 1.86. The van der Waals surface area contributed by atoms with Crippen LogP contribution in [0.25, 0.3) is 0 Å². The molecule has 2 heteroatoms. The molecule has 25 heavy (non-hydrogen) atoms. The molecule has 0 unspecified atom stereocenters. The van der Waals surface area contributed by atoms with Gasteiger partial charge in [-0.25, -0.2) is 4.79 Å². The van der Waals surface area contributed by atoms with Crippen molar-refractivity contribution in [2.24, 2.45) is 5.92 Å². The van der Waals surface area contributed by atoms with Gasteiger partial charge in [0, 0.05) is 5.57 Å². The smallest absolute Gasteiger partial charge is 0.338 e. The summed E-state index contributed by atoms with van der Waals surface area (Å²) < 4.78 is 5.27. The quantitative estimate of drug-likeness (QED) is 0.213. The van der Waals surface area contributed by atoms with E-state index in [1.807, 2.05) is 12.1 Å². The zero-order chi connectivity index (χ0) is 18.1. The van der Waals surface area contributed by atoms with E-state index < -0.39 is 0 Å². The van der Waals surface area contributed by atoms with Gasteiger partial charge in [0.2, 0.25) is 0 Å². The van der Waals surface area contributed by atoms with Crippen LogP contribution in [0.5, 0.6) is 5.75 Å². The van der Waals surface area contributed by atoms with Crippen LogP contribution in [-0.2, 0) is 4.79 Å². The van der Waals surface area contributed by atoms with Gasteiger partial charge in [-0.15, -0.1) is 0 Å². The molecule has 1 aromatic rings. The number of hydrogen-bond donors (Lipinski definition) is 0. The molecule has 1 aromatic carbocycles. The highest BCUT2D eigenvalue weighted by Crippen LogP contribution is 2.38. The number of rotatable bonds is 9. The molecule has 0 atom stereocenters. The minimum Gasteiger partial charge on any atom is -0.423 e. The number of carbonyl (C=O) groups excluding carboxylic acids is 1. The molecule has 138 valence electrons. The molecule has 2 rings (SSSR count). The molecule has 1 fully saturated rings. The molecule has 0 aromatic heterocycles. The molecule has 0 N–H and O–H groups in total. The highest BCUT2D eigenvalue weighted by atomic mass is 16.5. The highest BCUT2D eigenvalue weighted by molar-refractivity contribution is 5.88. The summed E-state index contributed by atoms with van der Waals surface area (Å²) >= 11 is 0. The van der Waals surface area contributed by atoms with Crippen LogP contribution in [0, 0.1) is 5.92 Å². The fourth-order valence-electron chi connectivity index (χ4n) is 3.82. The Hall–Kier alpha value is -1.57. The van der Waals surface area contributed by atoms with Crippen LogP contribution in [0.2, 0.25) is 0 Å². The second-order valence-corrected chi connectivity index (χ2v) is 7.66. The highest BCUT2D eigenvalue weighted by Gasteiger charge is 2.22. The monoisotopic (exact) mass is 342 g/mol. The Bertz CT molecular complexity index is 536. The van der Waals surface area contributed by atoms with Crippen molar-refractivity contribution in [1.29, 1.82) is 0 Å². The second-order valence-electron chi connectivity index (χ2n) is 7.66. The van der Waals surface area contributed by atoms with Crippen LogP contribution in [0.1, 0.15) is 89.5 Å². The fourth-order valence-corrected chi connectivity index (χ4v) is 3.82. The molecule has 0 saturated heterocycles. The predicted octanol–water partition coefficient (Wildman–Crippen LogP) is 6.80. The Morgan fingerprint density at radius 3 is 2.28 bits per heavy atom. The van der Waals surface area contributed by atoms with Crippen LogP contribution in [-0.4, -0.2) is 5.97 Å². The van der Waals surface area contributed by atoms with Crippen molar-refractivity contribution in [3.63, 3.8) is 0 Å². The molecule has 0 heterocycles. The van der Waals surface area contributed by atoms with E-state index >= 15 is 0 Å². The first-order valence-electron chi connectivity index (χ1n) is 10.1. The Morgan fingerprint density at radius 1 is 1.04 bits per heavy atom. The van der Waals surface area contributed by atoms with Crippen LogP contribution in [0.4, 0.5) is 0 Å². The molecule has 1 aliphatic carbocycles. The van der Waals surface area contributed by atoms with Gasteiger partial charge in [-0.05, 0) is 62.1 Å². The third-order valence-electron chi connectivity index (χ3n) is 5.47. The Labute approximate surface area is 153 Å². The van der Waals surface area contributed by atoms with Crippen molar-refractivity contribution in [3.05, 3.63) is 42.0 Å². The maximum absolute atomic E-state index is 11.6. The lowest BCUT2D eigenvalue weighted by Gasteiger charge is -2.29. The van der Waals surface area contributed by atoms with Gasteiger partial charge in [0.25, 0.3) is 0 Å². The lowest BCUT2D eigenvalue weighted by Crippen LogP contribution is -2.13. The molecule has 1 saturated carbocycles. The summed E-state index contributed by atoms with van der Waals surface area (Å²) in [6.45, 7) is 7.55. The van der Waals surface area contributed by atoms with Crippen molar-refractivity contribution < 1.29 is 9.53 Å². The van der Waals surface area contributed by atoms with E-state index in [9.17, 15) is 4.79 Å². The SMILES string of the molecule is C=C(C)C(=O)Oc1ccc(C2CCC(CCCCCCC)CC2)cc1. The Balaban J connectivity index is 1.73. The summed E-state index contributed by atoms with van der Waals surface area (Å²) in [7, 11) is 0. The van der Waals surface area contributed by atoms with E-state index in [2.05, 4.69) is 25.6 Å². The standard InChI is InChI=1S/C23H34O2/c1-4-5-6-7-8-9-19-10-12-20(13-11-19)21-14-16-22(17-15-21)25-23(24)18(2)3/h14-17,19-20H,2,4-13H2,1,3H3. The van der Waals surface area contributed by atoms with Gasteiger partial charge in [-0.3, -0.25) is 0 Å². The van der Waals surface area contributed by atoms with Crippen molar-refractivity contribution in [3.8, 4) is 5.75 Å². The molecule has 0 amide bonds. The number of ether oxygens (including phenoxy) is 1. The third kappa shape index (κ3) is 6.68. The number of esters is 1. The van der Waals surface area contributed by atoms with Gasteiger partial charge in [0.05, 0.1) is 0 Å². The van der Waals surface area contributed by atoms with Crippen LogP contribution in [0.3, 0.4) is 0 Å². The van der Waals surface area contributed by atoms with E-state index in [0.717, 1.165) is 5.92 Å². The van der Waals surface area contributed by atoms with Gasteiger partial charge in [-0.1, -0.05) is 64.2 Å². The van der Waals surface area contributed by atoms with Gasteiger partial charge in [0.15, 0.2) is 0 Å². The first kappa shape index (κ1) is 19.8. The first-order valence-corrected chi connectivity index (χ1v) is 10.1.